The molecule has 0 spiro atoms. The maximum absolute atomic E-state index is 4.67. The first-order valence-corrected chi connectivity index (χ1v) is 5.61. The molecule has 0 amide bonds. The van der Waals surface area contributed by atoms with Gasteiger partial charge < -0.3 is 0 Å². The largest absolute Gasteiger partial charge is 0.266 e. The molecule has 0 aliphatic heterocycles. The van der Waals surface area contributed by atoms with Crippen LogP contribution in [0, 0.1) is 0 Å². The van der Waals surface area contributed by atoms with Crippen LogP contribution in [0.1, 0.15) is 58.0 Å². The molecule has 1 saturated carbocycles. The van der Waals surface area contributed by atoms with Crippen LogP contribution in [0.5, 0.6) is 0 Å². The van der Waals surface area contributed by atoms with Gasteiger partial charge in [0.25, 0.3) is 0 Å². The Kier molecular flexibility index (Phi) is 2.17. The number of aromatic nitrogens is 2. The number of rotatable bonds is 2. The van der Waals surface area contributed by atoms with Crippen LogP contribution in [0.25, 0.3) is 0 Å². The molecule has 1 aliphatic rings. The highest BCUT2D eigenvalue weighted by atomic mass is 15.3. The van der Waals surface area contributed by atoms with Gasteiger partial charge >= 0.3 is 0 Å². The normalized spacial score (nSPS) is 17.4. The molecule has 2 nitrogen and oxygen atoms in total. The van der Waals surface area contributed by atoms with Gasteiger partial charge in [-0.2, -0.15) is 5.10 Å². The zero-order valence-electron chi connectivity index (χ0n) is 9.67. The summed E-state index contributed by atoms with van der Waals surface area (Å²) >= 11 is 0. The zero-order chi connectivity index (χ0) is 10.3. The maximum Gasteiger partial charge on any atom is 0.0625 e. The smallest absolute Gasteiger partial charge is 0.0625 e. The van der Waals surface area contributed by atoms with Gasteiger partial charge in [0.15, 0.2) is 0 Å². The second kappa shape index (κ2) is 3.11. The van der Waals surface area contributed by atoms with Crippen molar-refractivity contribution in [2.75, 3.05) is 0 Å². The van der Waals surface area contributed by atoms with Gasteiger partial charge in [-0.15, -0.1) is 0 Å². The molecule has 1 fully saturated rings. The van der Waals surface area contributed by atoms with Gasteiger partial charge in [-0.05, 0) is 25.3 Å². The van der Waals surface area contributed by atoms with Crippen molar-refractivity contribution in [3.8, 4) is 0 Å². The first-order chi connectivity index (χ1) is 6.52. The third-order valence-electron chi connectivity index (χ3n) is 2.81. The standard InChI is InChI=1S/C12H20N2/c1-5-9-8-11(12(2,3)4)14(13-9)10-6-7-10/h8,10H,5-7H2,1-4H3. The molecular weight excluding hydrogens is 172 g/mol. The molecule has 2 rings (SSSR count). The lowest BCUT2D eigenvalue weighted by atomic mass is 9.91. The van der Waals surface area contributed by atoms with Crippen LogP contribution >= 0.6 is 0 Å². The third-order valence-corrected chi connectivity index (χ3v) is 2.81. The fourth-order valence-electron chi connectivity index (χ4n) is 1.78. The van der Waals surface area contributed by atoms with Crippen molar-refractivity contribution in [2.45, 2.75) is 58.4 Å². The average molecular weight is 192 g/mol. The topological polar surface area (TPSA) is 17.8 Å². The molecule has 1 aromatic rings. The van der Waals surface area contributed by atoms with Crippen LogP contribution in [0.3, 0.4) is 0 Å². The summed E-state index contributed by atoms with van der Waals surface area (Å²) in [7, 11) is 0. The van der Waals surface area contributed by atoms with E-state index in [4.69, 9.17) is 0 Å². The van der Waals surface area contributed by atoms with E-state index in [9.17, 15) is 0 Å². The van der Waals surface area contributed by atoms with Crippen LogP contribution in [0.15, 0.2) is 6.07 Å². The highest BCUT2D eigenvalue weighted by molar-refractivity contribution is 5.19. The van der Waals surface area contributed by atoms with Gasteiger partial charge in [-0.3, -0.25) is 4.68 Å². The molecule has 14 heavy (non-hydrogen) atoms. The fourth-order valence-corrected chi connectivity index (χ4v) is 1.78. The number of aryl methyl sites for hydroxylation is 1. The quantitative estimate of drug-likeness (QED) is 0.704. The number of nitrogens with zero attached hydrogens (tertiary/aromatic N) is 2. The minimum Gasteiger partial charge on any atom is -0.266 e. The van der Waals surface area contributed by atoms with Crippen LogP contribution < -0.4 is 0 Å². The van der Waals surface area contributed by atoms with Gasteiger partial charge in [-0.1, -0.05) is 27.7 Å². The molecule has 0 radical (unpaired) electrons. The Bertz CT molecular complexity index is 327. The summed E-state index contributed by atoms with van der Waals surface area (Å²) in [4.78, 5) is 0. The Labute approximate surface area is 86.3 Å². The average Bonchev–Trinajstić information content (AvgIpc) is 2.83. The van der Waals surface area contributed by atoms with E-state index in [1.165, 1.54) is 24.2 Å². The molecule has 0 N–H and O–H groups in total. The summed E-state index contributed by atoms with van der Waals surface area (Å²) in [6, 6.07) is 2.97. The Morgan fingerprint density at radius 1 is 1.43 bits per heavy atom. The summed E-state index contributed by atoms with van der Waals surface area (Å²) in [5.74, 6) is 0. The van der Waals surface area contributed by atoms with E-state index in [1.54, 1.807) is 0 Å². The van der Waals surface area contributed by atoms with Crippen molar-refractivity contribution < 1.29 is 0 Å². The summed E-state index contributed by atoms with van der Waals surface area (Å²) in [6.07, 6.45) is 3.67. The lowest BCUT2D eigenvalue weighted by Gasteiger charge is -2.19. The van der Waals surface area contributed by atoms with Crippen LogP contribution in [-0.4, -0.2) is 9.78 Å². The van der Waals surface area contributed by atoms with E-state index in [0.717, 1.165) is 6.42 Å². The minimum absolute atomic E-state index is 0.225. The maximum atomic E-state index is 4.67. The van der Waals surface area contributed by atoms with E-state index in [1.807, 2.05) is 0 Å². The molecular formula is C12H20N2. The first-order valence-electron chi connectivity index (χ1n) is 5.61. The molecule has 1 aromatic heterocycles. The summed E-state index contributed by atoms with van der Waals surface area (Å²) in [5.41, 5.74) is 2.86. The highest BCUT2D eigenvalue weighted by Gasteiger charge is 2.30. The van der Waals surface area contributed by atoms with Crippen molar-refractivity contribution in [1.29, 1.82) is 0 Å². The first kappa shape index (κ1) is 9.75. The minimum atomic E-state index is 0.225. The molecule has 0 bridgehead atoms. The highest BCUT2D eigenvalue weighted by Crippen LogP contribution is 2.38. The lowest BCUT2D eigenvalue weighted by Crippen LogP contribution is -2.17. The van der Waals surface area contributed by atoms with Gasteiger partial charge in [-0.25, -0.2) is 0 Å². The van der Waals surface area contributed by atoms with Crippen LogP contribution in [-0.2, 0) is 11.8 Å². The molecule has 0 saturated heterocycles. The van der Waals surface area contributed by atoms with Gasteiger partial charge in [0.1, 0.15) is 0 Å². The Morgan fingerprint density at radius 2 is 2.07 bits per heavy atom. The van der Waals surface area contributed by atoms with E-state index in [2.05, 4.69) is 43.5 Å². The molecule has 1 heterocycles. The van der Waals surface area contributed by atoms with Crippen molar-refractivity contribution >= 4 is 0 Å². The Morgan fingerprint density at radius 3 is 2.50 bits per heavy atom. The predicted octanol–water partition coefficient (Wildman–Crippen LogP) is 3.08. The van der Waals surface area contributed by atoms with E-state index in [0.29, 0.717) is 6.04 Å². The second-order valence-corrected chi connectivity index (χ2v) is 5.30. The van der Waals surface area contributed by atoms with Crippen molar-refractivity contribution in [3.05, 3.63) is 17.5 Å². The van der Waals surface area contributed by atoms with E-state index >= 15 is 0 Å². The molecule has 0 atom stereocenters. The lowest BCUT2D eigenvalue weighted by molar-refractivity contribution is 0.490. The summed E-state index contributed by atoms with van der Waals surface area (Å²) in [5, 5.41) is 4.67. The third kappa shape index (κ3) is 1.70. The fraction of sp³-hybridized carbons (Fsp3) is 0.750. The van der Waals surface area contributed by atoms with Gasteiger partial charge in [0, 0.05) is 11.1 Å². The summed E-state index contributed by atoms with van der Waals surface area (Å²) in [6.45, 7) is 8.97. The predicted molar refractivity (Wildman–Crippen MR) is 58.6 cm³/mol. The molecule has 0 unspecified atom stereocenters. The van der Waals surface area contributed by atoms with Crippen molar-refractivity contribution in [1.82, 2.24) is 9.78 Å². The van der Waals surface area contributed by atoms with Gasteiger partial charge in [0.2, 0.25) is 0 Å². The van der Waals surface area contributed by atoms with Crippen LogP contribution in [0.2, 0.25) is 0 Å². The van der Waals surface area contributed by atoms with E-state index < -0.39 is 0 Å². The number of hydrogen-bond acceptors (Lipinski definition) is 1. The van der Waals surface area contributed by atoms with Gasteiger partial charge in [0.05, 0.1) is 11.7 Å². The monoisotopic (exact) mass is 192 g/mol. The summed E-state index contributed by atoms with van der Waals surface area (Å²) < 4.78 is 2.26. The van der Waals surface area contributed by atoms with Crippen molar-refractivity contribution in [2.24, 2.45) is 0 Å². The zero-order valence-corrected chi connectivity index (χ0v) is 9.67. The SMILES string of the molecule is CCc1cc(C(C)(C)C)n(C2CC2)n1. The molecule has 2 heteroatoms. The van der Waals surface area contributed by atoms with E-state index in [-0.39, 0.29) is 5.41 Å². The Hall–Kier alpha value is -0.790. The van der Waals surface area contributed by atoms with Crippen LogP contribution in [0.4, 0.5) is 0 Å². The molecule has 1 aliphatic carbocycles. The number of hydrogen-bond donors (Lipinski definition) is 0. The Balaban J connectivity index is 2.40. The second-order valence-electron chi connectivity index (χ2n) is 5.30. The molecule has 0 aromatic carbocycles. The molecule has 78 valence electrons. The van der Waals surface area contributed by atoms with Crippen molar-refractivity contribution in [3.63, 3.8) is 0 Å².